The van der Waals surface area contributed by atoms with Gasteiger partial charge in [0.1, 0.15) is 0 Å². The topological polar surface area (TPSA) is 3.24 Å². The molecule has 1 fully saturated rings. The van der Waals surface area contributed by atoms with E-state index in [2.05, 4.69) is 11.8 Å². The summed E-state index contributed by atoms with van der Waals surface area (Å²) < 4.78 is 5.75. The predicted molar refractivity (Wildman–Crippen MR) is 42.7 cm³/mol. The lowest BCUT2D eigenvalue weighted by atomic mass is 10.1. The van der Waals surface area contributed by atoms with Gasteiger partial charge in [-0.25, -0.2) is 0 Å². The van der Waals surface area contributed by atoms with E-state index in [1.165, 1.54) is 46.3 Å². The third-order valence-electron chi connectivity index (χ3n) is 1.90. The van der Waals surface area contributed by atoms with Crippen LogP contribution >= 0.6 is 0 Å². The van der Waals surface area contributed by atoms with Gasteiger partial charge in [-0.1, -0.05) is 20.7 Å². The maximum absolute atomic E-state index is 5.75. The summed E-state index contributed by atoms with van der Waals surface area (Å²) in [6.07, 6.45) is 4.30. The van der Waals surface area contributed by atoms with Crippen LogP contribution in [0.25, 0.3) is 0 Å². The Bertz CT molecular complexity index is 60.3. The molecule has 0 bridgehead atoms. The summed E-state index contributed by atoms with van der Waals surface area (Å²) in [7, 11) is 1.25. The summed E-state index contributed by atoms with van der Waals surface area (Å²) in [5.41, 5.74) is 0. The van der Waals surface area contributed by atoms with Gasteiger partial charge in [0.25, 0.3) is 0 Å². The summed E-state index contributed by atoms with van der Waals surface area (Å²) in [5, 5.41) is 0. The van der Waals surface area contributed by atoms with Crippen LogP contribution < -0.4 is 0 Å². The zero-order chi connectivity index (χ0) is 7.82. The number of rotatable bonds is 1. The third kappa shape index (κ3) is 2.85. The molecule has 1 aliphatic rings. The summed E-state index contributed by atoms with van der Waals surface area (Å²) in [6.45, 7) is 6.18. The van der Waals surface area contributed by atoms with Gasteiger partial charge in [0.15, 0.2) is 0 Å². The fourth-order valence-electron chi connectivity index (χ4n) is 1.28. The maximum atomic E-state index is 5.75. The van der Waals surface area contributed by atoms with E-state index in [4.69, 9.17) is 1.37 Å². The molecule has 1 rings (SSSR count). The zero-order valence-corrected chi connectivity index (χ0v) is 6.69. The quantitative estimate of drug-likeness (QED) is 0.527. The Balaban J connectivity index is 0.000000371. The number of hydrogen-bond acceptors (Lipinski definition) is 1. The van der Waals surface area contributed by atoms with E-state index in [0.29, 0.717) is 0 Å². The molecule has 1 nitrogen and oxygen atoms in total. The summed E-state index contributed by atoms with van der Waals surface area (Å²) >= 11 is 0. The van der Waals surface area contributed by atoms with Crippen molar-refractivity contribution in [1.29, 1.82) is 0 Å². The standard InChI is InChI=1S/C7H15N.CH4/c1-2-8-6-4-3-5-7-8;/h2-7H2,1H3;1H4/i;1T. The van der Waals surface area contributed by atoms with Crippen LogP contribution in [-0.2, 0) is 0 Å². The molecule has 0 aromatic rings. The fourth-order valence-corrected chi connectivity index (χ4v) is 1.28. The first-order valence-corrected chi connectivity index (χ1v) is 3.66. The maximum Gasteiger partial charge on any atom is 0.0194 e. The summed E-state index contributed by atoms with van der Waals surface area (Å²) in [4.78, 5) is 2.52. The molecule has 0 spiro atoms. The Kier molecular flexibility index (Phi) is 3.77. The Hall–Kier alpha value is -0.0400. The Morgan fingerprint density at radius 3 is 2.22 bits per heavy atom. The molecule has 9 heavy (non-hydrogen) atoms. The summed E-state index contributed by atoms with van der Waals surface area (Å²) in [6, 6.07) is 0. The van der Waals surface area contributed by atoms with Gasteiger partial charge in [0.2, 0.25) is 0 Å². The molecule has 1 heteroatoms. The second kappa shape index (κ2) is 4.80. The highest BCUT2D eigenvalue weighted by atomic mass is 15.1. The van der Waals surface area contributed by atoms with Crippen molar-refractivity contribution in [3.05, 3.63) is 0 Å². The van der Waals surface area contributed by atoms with Gasteiger partial charge in [-0.3, -0.25) is 0 Å². The minimum atomic E-state index is 1.25. The van der Waals surface area contributed by atoms with E-state index in [9.17, 15) is 0 Å². The van der Waals surface area contributed by atoms with Gasteiger partial charge in [0, 0.05) is 1.37 Å². The van der Waals surface area contributed by atoms with Crippen molar-refractivity contribution in [2.45, 2.75) is 33.6 Å². The first kappa shape index (κ1) is 7.07. The highest BCUT2D eigenvalue weighted by molar-refractivity contribution is 4.61. The lowest BCUT2D eigenvalue weighted by Gasteiger charge is -2.24. The fraction of sp³-hybridized carbons (Fsp3) is 1.00. The van der Waals surface area contributed by atoms with E-state index in [0.717, 1.165) is 0 Å². The Morgan fingerprint density at radius 1 is 1.33 bits per heavy atom. The lowest BCUT2D eigenvalue weighted by molar-refractivity contribution is 0.240. The number of piperidine rings is 1. The van der Waals surface area contributed by atoms with E-state index < -0.39 is 0 Å². The molecule has 0 unspecified atom stereocenters. The third-order valence-corrected chi connectivity index (χ3v) is 1.90. The average molecular weight is 131 g/mol. The molecule has 56 valence electrons. The van der Waals surface area contributed by atoms with E-state index in [1.807, 2.05) is 0 Å². The number of hydrogen-bond donors (Lipinski definition) is 0. The van der Waals surface area contributed by atoms with Crippen molar-refractivity contribution >= 4 is 0 Å². The second-order valence-electron chi connectivity index (χ2n) is 2.49. The van der Waals surface area contributed by atoms with Crippen LogP contribution in [-0.4, -0.2) is 24.5 Å². The highest BCUT2D eigenvalue weighted by Crippen LogP contribution is 2.06. The first-order chi connectivity index (χ1) is 4.93. The second-order valence-corrected chi connectivity index (χ2v) is 2.49. The molecule has 1 heterocycles. The molecule has 1 aliphatic heterocycles. The molecule has 0 aliphatic carbocycles. The minimum Gasteiger partial charge on any atom is -0.304 e. The molecule has 1 saturated heterocycles. The molecular weight excluding hydrogens is 110 g/mol. The van der Waals surface area contributed by atoms with Crippen LogP contribution in [0.3, 0.4) is 0 Å². The van der Waals surface area contributed by atoms with Gasteiger partial charge in [0.05, 0.1) is 0 Å². The normalized spacial score (nSPS) is 21.8. The van der Waals surface area contributed by atoms with Crippen molar-refractivity contribution in [3.63, 3.8) is 0 Å². The molecule has 0 N–H and O–H groups in total. The molecule has 0 aromatic heterocycles. The zero-order valence-electron chi connectivity index (χ0n) is 7.69. The van der Waals surface area contributed by atoms with Crippen molar-refractivity contribution in [2.75, 3.05) is 19.6 Å². The molecule has 0 radical (unpaired) electrons. The SMILES string of the molecule is CCN1CCCCC1.[3H]C. The predicted octanol–water partition coefficient (Wildman–Crippen LogP) is 2.13. The van der Waals surface area contributed by atoms with Crippen molar-refractivity contribution in [3.8, 4) is 0 Å². The lowest BCUT2D eigenvalue weighted by Crippen LogP contribution is -2.29. The van der Waals surface area contributed by atoms with Crippen LogP contribution in [0.5, 0.6) is 0 Å². The molecule has 0 amide bonds. The smallest absolute Gasteiger partial charge is 0.0194 e. The highest BCUT2D eigenvalue weighted by Gasteiger charge is 2.05. The van der Waals surface area contributed by atoms with Crippen molar-refractivity contribution in [1.82, 2.24) is 4.90 Å². The van der Waals surface area contributed by atoms with Crippen LogP contribution in [0.1, 0.15) is 35.0 Å². The van der Waals surface area contributed by atoms with Crippen molar-refractivity contribution in [2.24, 2.45) is 0 Å². The van der Waals surface area contributed by atoms with Crippen LogP contribution in [0.15, 0.2) is 0 Å². The van der Waals surface area contributed by atoms with Crippen molar-refractivity contribution < 1.29 is 1.37 Å². The molecule has 0 atom stereocenters. The van der Waals surface area contributed by atoms with E-state index in [-0.39, 0.29) is 0 Å². The van der Waals surface area contributed by atoms with Crippen LogP contribution in [0.4, 0.5) is 0 Å². The van der Waals surface area contributed by atoms with Gasteiger partial charge >= 0.3 is 0 Å². The van der Waals surface area contributed by atoms with E-state index in [1.54, 1.807) is 0 Å². The van der Waals surface area contributed by atoms with Gasteiger partial charge < -0.3 is 4.90 Å². The van der Waals surface area contributed by atoms with Gasteiger partial charge in [-0.15, -0.1) is 0 Å². The first-order valence-electron chi connectivity index (χ1n) is 4.66. The van der Waals surface area contributed by atoms with Crippen LogP contribution in [0, 0.1) is 0 Å². The molecule has 0 saturated carbocycles. The molecule has 0 aromatic carbocycles. The molecular formula is C8H19N. The Morgan fingerprint density at radius 2 is 1.89 bits per heavy atom. The van der Waals surface area contributed by atoms with Gasteiger partial charge in [-0.2, -0.15) is 0 Å². The summed E-state index contributed by atoms with van der Waals surface area (Å²) in [5.74, 6) is 0. The van der Waals surface area contributed by atoms with E-state index >= 15 is 0 Å². The van der Waals surface area contributed by atoms with Gasteiger partial charge in [-0.05, 0) is 32.5 Å². The van der Waals surface area contributed by atoms with Crippen LogP contribution in [0.2, 0.25) is 0 Å². The largest absolute Gasteiger partial charge is 0.304 e. The number of likely N-dealkylation sites (tertiary alicyclic amines) is 1. The Labute approximate surface area is 60.5 Å². The number of nitrogens with zero attached hydrogens (tertiary/aromatic N) is 1. The monoisotopic (exact) mass is 131 g/mol. The average Bonchev–Trinajstić information content (AvgIpc) is 2.10. The minimum absolute atomic E-state index is 1.25.